The molecule has 2 aromatic carbocycles. The molecule has 0 radical (unpaired) electrons. The quantitative estimate of drug-likeness (QED) is 0.668. The van der Waals surface area contributed by atoms with Crippen LogP contribution in [0.1, 0.15) is 11.1 Å². The fraction of sp³-hybridized carbons (Fsp3) is 0.150. The Balaban J connectivity index is 1.59. The van der Waals surface area contributed by atoms with E-state index in [0.717, 1.165) is 11.3 Å². The molecule has 6 heteroatoms. The third-order valence-corrected chi connectivity index (χ3v) is 4.82. The van der Waals surface area contributed by atoms with Gasteiger partial charge >= 0.3 is 0 Å². The zero-order valence-corrected chi connectivity index (χ0v) is 15.3. The van der Waals surface area contributed by atoms with Crippen LogP contribution in [0.2, 0.25) is 0 Å². The smallest absolute Gasteiger partial charge is 0.234 e. The lowest BCUT2D eigenvalue weighted by atomic mass is 10.0. The van der Waals surface area contributed by atoms with Gasteiger partial charge in [-0.05, 0) is 61.4 Å². The molecule has 0 aliphatic rings. The molecule has 0 saturated heterocycles. The fourth-order valence-corrected chi connectivity index (χ4v) is 2.97. The molecule has 0 aliphatic carbocycles. The fourth-order valence-electron chi connectivity index (χ4n) is 2.35. The standard InChI is InChI=1S/C20H18FN3OS/c1-13-6-7-15(10-14(13)2)18-8-9-20(24-23-18)26-12-19(25)22-17-5-3-4-16(21)11-17/h3-11H,12H2,1-2H3,(H,22,25). The third kappa shape index (κ3) is 4.67. The van der Waals surface area contributed by atoms with Gasteiger partial charge in [-0.15, -0.1) is 10.2 Å². The number of hydrogen-bond donors (Lipinski definition) is 1. The first-order valence-corrected chi connectivity index (χ1v) is 9.09. The number of aromatic nitrogens is 2. The van der Waals surface area contributed by atoms with Crippen molar-refractivity contribution in [3.8, 4) is 11.3 Å². The number of rotatable bonds is 5. The topological polar surface area (TPSA) is 54.9 Å². The lowest BCUT2D eigenvalue weighted by Gasteiger charge is -2.06. The van der Waals surface area contributed by atoms with E-state index in [1.165, 1.54) is 35.0 Å². The molecule has 0 saturated carbocycles. The van der Waals surface area contributed by atoms with Crippen molar-refractivity contribution in [1.82, 2.24) is 10.2 Å². The van der Waals surface area contributed by atoms with Crippen LogP contribution in [0.4, 0.5) is 10.1 Å². The van der Waals surface area contributed by atoms with Crippen molar-refractivity contribution in [2.75, 3.05) is 11.1 Å². The molecule has 132 valence electrons. The maximum absolute atomic E-state index is 13.1. The molecule has 1 amide bonds. The molecule has 0 spiro atoms. The molecule has 4 nitrogen and oxygen atoms in total. The Morgan fingerprint density at radius 2 is 1.88 bits per heavy atom. The Kier molecular flexibility index (Phi) is 5.63. The average Bonchev–Trinajstić information content (AvgIpc) is 2.63. The summed E-state index contributed by atoms with van der Waals surface area (Å²) in [6.45, 7) is 4.13. The van der Waals surface area contributed by atoms with E-state index in [4.69, 9.17) is 0 Å². The molecule has 1 heterocycles. The van der Waals surface area contributed by atoms with Gasteiger partial charge in [0, 0.05) is 11.3 Å². The number of anilines is 1. The summed E-state index contributed by atoms with van der Waals surface area (Å²) in [4.78, 5) is 12.0. The van der Waals surface area contributed by atoms with Crippen molar-refractivity contribution < 1.29 is 9.18 Å². The van der Waals surface area contributed by atoms with Crippen molar-refractivity contribution in [3.05, 3.63) is 71.5 Å². The molecule has 0 fully saturated rings. The lowest BCUT2D eigenvalue weighted by Crippen LogP contribution is -2.14. The lowest BCUT2D eigenvalue weighted by molar-refractivity contribution is -0.113. The zero-order chi connectivity index (χ0) is 18.5. The van der Waals surface area contributed by atoms with Gasteiger partial charge in [-0.1, -0.05) is 30.0 Å². The molecule has 0 aliphatic heterocycles. The molecule has 0 atom stereocenters. The summed E-state index contributed by atoms with van der Waals surface area (Å²) < 4.78 is 13.1. The summed E-state index contributed by atoms with van der Waals surface area (Å²) in [5, 5.41) is 11.7. The number of carbonyl (C=O) groups is 1. The normalized spacial score (nSPS) is 10.6. The Morgan fingerprint density at radius 1 is 1.04 bits per heavy atom. The van der Waals surface area contributed by atoms with Crippen molar-refractivity contribution in [2.45, 2.75) is 18.9 Å². The van der Waals surface area contributed by atoms with Gasteiger partial charge in [0.25, 0.3) is 0 Å². The van der Waals surface area contributed by atoms with Crippen LogP contribution in [0.5, 0.6) is 0 Å². The molecule has 1 aromatic heterocycles. The Bertz CT molecular complexity index is 929. The van der Waals surface area contributed by atoms with E-state index in [2.05, 4.69) is 41.5 Å². The summed E-state index contributed by atoms with van der Waals surface area (Å²) in [5.41, 5.74) is 4.68. The summed E-state index contributed by atoms with van der Waals surface area (Å²) in [6.07, 6.45) is 0. The van der Waals surface area contributed by atoms with E-state index in [1.807, 2.05) is 18.2 Å². The van der Waals surface area contributed by atoms with E-state index in [9.17, 15) is 9.18 Å². The molecule has 3 rings (SSSR count). The van der Waals surface area contributed by atoms with Crippen molar-refractivity contribution in [1.29, 1.82) is 0 Å². The van der Waals surface area contributed by atoms with Gasteiger partial charge < -0.3 is 5.32 Å². The number of benzene rings is 2. The third-order valence-electron chi connectivity index (χ3n) is 3.90. The Morgan fingerprint density at radius 3 is 2.58 bits per heavy atom. The second-order valence-electron chi connectivity index (χ2n) is 5.90. The van der Waals surface area contributed by atoms with Crippen LogP contribution in [0, 0.1) is 19.7 Å². The highest BCUT2D eigenvalue weighted by Crippen LogP contribution is 2.22. The number of carbonyl (C=O) groups excluding carboxylic acids is 1. The maximum atomic E-state index is 13.1. The van der Waals surface area contributed by atoms with E-state index in [-0.39, 0.29) is 17.5 Å². The van der Waals surface area contributed by atoms with Crippen LogP contribution in [-0.4, -0.2) is 21.9 Å². The van der Waals surface area contributed by atoms with Gasteiger partial charge in [-0.25, -0.2) is 4.39 Å². The Labute approximate surface area is 155 Å². The second-order valence-corrected chi connectivity index (χ2v) is 6.90. The minimum absolute atomic E-state index is 0.175. The van der Waals surface area contributed by atoms with Crippen LogP contribution < -0.4 is 5.32 Å². The number of halogens is 1. The maximum Gasteiger partial charge on any atom is 0.234 e. The molecular formula is C20H18FN3OS. The molecule has 0 unspecified atom stereocenters. The highest BCUT2D eigenvalue weighted by Gasteiger charge is 2.07. The molecular weight excluding hydrogens is 349 g/mol. The summed E-state index contributed by atoms with van der Waals surface area (Å²) in [6, 6.07) is 15.7. The van der Waals surface area contributed by atoms with Gasteiger partial charge in [-0.2, -0.15) is 0 Å². The minimum Gasteiger partial charge on any atom is -0.325 e. The van der Waals surface area contributed by atoms with Gasteiger partial charge in [0.1, 0.15) is 10.8 Å². The zero-order valence-electron chi connectivity index (χ0n) is 14.5. The van der Waals surface area contributed by atoms with Gasteiger partial charge in [0.15, 0.2) is 0 Å². The van der Waals surface area contributed by atoms with Crippen LogP contribution in [0.15, 0.2) is 59.6 Å². The molecule has 0 bridgehead atoms. The number of aryl methyl sites for hydroxylation is 2. The van der Waals surface area contributed by atoms with Gasteiger partial charge in [0.2, 0.25) is 5.91 Å². The van der Waals surface area contributed by atoms with E-state index >= 15 is 0 Å². The number of hydrogen-bond acceptors (Lipinski definition) is 4. The average molecular weight is 367 g/mol. The van der Waals surface area contributed by atoms with Crippen LogP contribution in [0.25, 0.3) is 11.3 Å². The van der Waals surface area contributed by atoms with Gasteiger partial charge in [-0.3, -0.25) is 4.79 Å². The number of thioether (sulfide) groups is 1. The number of amides is 1. The largest absolute Gasteiger partial charge is 0.325 e. The van der Waals surface area contributed by atoms with Crippen molar-refractivity contribution >= 4 is 23.4 Å². The van der Waals surface area contributed by atoms with Crippen molar-refractivity contribution in [3.63, 3.8) is 0 Å². The number of nitrogens with one attached hydrogen (secondary N) is 1. The second kappa shape index (κ2) is 8.10. The van der Waals surface area contributed by atoms with E-state index in [0.29, 0.717) is 10.7 Å². The van der Waals surface area contributed by atoms with E-state index in [1.54, 1.807) is 12.1 Å². The molecule has 1 N–H and O–H groups in total. The highest BCUT2D eigenvalue weighted by molar-refractivity contribution is 7.99. The number of nitrogens with zero attached hydrogens (tertiary/aromatic N) is 2. The van der Waals surface area contributed by atoms with Crippen molar-refractivity contribution in [2.24, 2.45) is 0 Å². The first-order valence-electron chi connectivity index (χ1n) is 8.11. The monoisotopic (exact) mass is 367 g/mol. The first-order chi connectivity index (χ1) is 12.5. The van der Waals surface area contributed by atoms with E-state index < -0.39 is 0 Å². The summed E-state index contributed by atoms with van der Waals surface area (Å²) in [5.74, 6) is -0.433. The van der Waals surface area contributed by atoms with Crippen LogP contribution >= 0.6 is 11.8 Å². The Hall–Kier alpha value is -2.73. The van der Waals surface area contributed by atoms with Gasteiger partial charge in [0.05, 0.1) is 11.4 Å². The highest BCUT2D eigenvalue weighted by atomic mass is 32.2. The van der Waals surface area contributed by atoms with Crippen LogP contribution in [0.3, 0.4) is 0 Å². The minimum atomic E-state index is -0.386. The molecule has 3 aromatic rings. The molecule has 26 heavy (non-hydrogen) atoms. The predicted molar refractivity (Wildman–Crippen MR) is 103 cm³/mol. The summed E-state index contributed by atoms with van der Waals surface area (Å²) in [7, 11) is 0. The summed E-state index contributed by atoms with van der Waals surface area (Å²) >= 11 is 1.28. The SMILES string of the molecule is Cc1ccc(-c2ccc(SCC(=O)Nc3cccc(F)c3)nn2)cc1C. The first kappa shape index (κ1) is 18.1. The van der Waals surface area contributed by atoms with Crippen LogP contribution in [-0.2, 0) is 4.79 Å². The predicted octanol–water partition coefficient (Wildman–Crippen LogP) is 4.63.